The van der Waals surface area contributed by atoms with Crippen molar-refractivity contribution in [3.8, 4) is 0 Å². The molecule has 1 aliphatic rings. The molecule has 2 aromatic carbocycles. The van der Waals surface area contributed by atoms with Crippen LogP contribution >= 0.6 is 23.2 Å². The van der Waals surface area contributed by atoms with E-state index in [-0.39, 0.29) is 26.9 Å². The smallest absolute Gasteiger partial charge is 0.262 e. The van der Waals surface area contributed by atoms with Gasteiger partial charge in [-0.25, -0.2) is 4.39 Å². The number of nitrogens with one attached hydrogen (secondary N) is 1. The fourth-order valence-electron chi connectivity index (χ4n) is 2.48. The van der Waals surface area contributed by atoms with Gasteiger partial charge in [0.25, 0.3) is 11.8 Å². The third-order valence-corrected chi connectivity index (χ3v) is 4.43. The summed E-state index contributed by atoms with van der Waals surface area (Å²) in [5.74, 6) is -2.61. The molecule has 1 aliphatic heterocycles. The van der Waals surface area contributed by atoms with Crippen molar-refractivity contribution in [2.45, 2.75) is 6.92 Å². The molecule has 8 heteroatoms. The third-order valence-electron chi connectivity index (χ3n) is 3.71. The largest absolute Gasteiger partial charge is 0.322 e. The Morgan fingerprint density at radius 1 is 1.08 bits per heavy atom. The summed E-state index contributed by atoms with van der Waals surface area (Å²) in [4.78, 5) is 37.5. The van der Waals surface area contributed by atoms with E-state index in [1.165, 1.54) is 24.3 Å². The van der Waals surface area contributed by atoms with Gasteiger partial charge >= 0.3 is 0 Å². The van der Waals surface area contributed by atoms with Gasteiger partial charge in [-0.2, -0.15) is 0 Å². The van der Waals surface area contributed by atoms with E-state index >= 15 is 0 Å². The van der Waals surface area contributed by atoms with E-state index in [0.717, 1.165) is 4.90 Å². The fraction of sp³-hybridized carbons (Fsp3) is 0.118. The van der Waals surface area contributed by atoms with Crippen LogP contribution in [0, 0.1) is 12.7 Å². The number of amides is 3. The average molecular weight is 381 g/mol. The highest BCUT2D eigenvalue weighted by molar-refractivity contribution is 6.43. The van der Waals surface area contributed by atoms with Crippen molar-refractivity contribution in [2.24, 2.45) is 0 Å². The summed E-state index contributed by atoms with van der Waals surface area (Å²) < 4.78 is 13.8. The molecule has 0 spiro atoms. The highest BCUT2D eigenvalue weighted by atomic mass is 35.5. The number of nitrogens with zero attached hydrogens (tertiary/aromatic N) is 1. The maximum atomic E-state index is 13.8. The fourth-order valence-corrected chi connectivity index (χ4v) is 2.81. The van der Waals surface area contributed by atoms with Crippen LogP contribution in [0.1, 0.15) is 26.3 Å². The van der Waals surface area contributed by atoms with Crippen molar-refractivity contribution >= 4 is 46.6 Å². The van der Waals surface area contributed by atoms with Gasteiger partial charge in [0.1, 0.15) is 12.4 Å². The van der Waals surface area contributed by atoms with E-state index < -0.39 is 30.1 Å². The molecule has 0 saturated heterocycles. The van der Waals surface area contributed by atoms with Gasteiger partial charge in [0.15, 0.2) is 0 Å². The second kappa shape index (κ2) is 6.46. The number of anilines is 1. The zero-order valence-corrected chi connectivity index (χ0v) is 14.4. The Kier molecular flexibility index (Phi) is 4.49. The molecule has 5 nitrogen and oxygen atoms in total. The van der Waals surface area contributed by atoms with E-state index in [4.69, 9.17) is 23.2 Å². The predicted molar refractivity (Wildman–Crippen MR) is 91.6 cm³/mol. The minimum Gasteiger partial charge on any atom is -0.322 e. The van der Waals surface area contributed by atoms with Crippen LogP contribution in [0.15, 0.2) is 30.3 Å². The minimum absolute atomic E-state index is 0.0294. The highest BCUT2D eigenvalue weighted by Gasteiger charge is 2.37. The SMILES string of the molecule is Cc1ccc(NC(=O)CN2C(=O)c3cc(Cl)c(Cl)cc3C2=O)c(F)c1. The van der Waals surface area contributed by atoms with E-state index in [1.807, 2.05) is 0 Å². The molecule has 0 atom stereocenters. The van der Waals surface area contributed by atoms with Crippen LogP contribution in [0.5, 0.6) is 0 Å². The molecule has 0 fully saturated rings. The molecule has 1 heterocycles. The highest BCUT2D eigenvalue weighted by Crippen LogP contribution is 2.31. The van der Waals surface area contributed by atoms with E-state index in [2.05, 4.69) is 5.32 Å². The molecule has 1 N–H and O–H groups in total. The number of carbonyl (C=O) groups is 3. The van der Waals surface area contributed by atoms with E-state index in [0.29, 0.717) is 5.56 Å². The van der Waals surface area contributed by atoms with Crippen molar-refractivity contribution in [3.63, 3.8) is 0 Å². The number of benzene rings is 2. The van der Waals surface area contributed by atoms with Gasteiger partial charge in [0, 0.05) is 0 Å². The molecule has 25 heavy (non-hydrogen) atoms. The Hall–Kier alpha value is -2.44. The number of fused-ring (bicyclic) bond motifs is 1. The van der Waals surface area contributed by atoms with Crippen LogP contribution in [-0.2, 0) is 4.79 Å². The number of carbonyl (C=O) groups excluding carboxylic acids is 3. The summed E-state index contributed by atoms with van der Waals surface area (Å²) in [6, 6.07) is 6.88. The lowest BCUT2D eigenvalue weighted by atomic mass is 10.1. The monoisotopic (exact) mass is 380 g/mol. The van der Waals surface area contributed by atoms with Gasteiger partial charge in [-0.15, -0.1) is 0 Å². The second-order valence-corrected chi connectivity index (χ2v) is 6.35. The van der Waals surface area contributed by atoms with Gasteiger partial charge in [-0.05, 0) is 36.8 Å². The van der Waals surface area contributed by atoms with Crippen molar-refractivity contribution in [3.05, 3.63) is 62.9 Å². The van der Waals surface area contributed by atoms with Crippen LogP contribution in [0.4, 0.5) is 10.1 Å². The van der Waals surface area contributed by atoms with Crippen LogP contribution in [-0.4, -0.2) is 29.2 Å². The summed E-state index contributed by atoms with van der Waals surface area (Å²) in [6.07, 6.45) is 0. The van der Waals surface area contributed by atoms with Crippen molar-refractivity contribution in [1.29, 1.82) is 0 Å². The molecule has 0 saturated carbocycles. The van der Waals surface area contributed by atoms with Crippen LogP contribution in [0.2, 0.25) is 10.0 Å². The zero-order valence-electron chi connectivity index (χ0n) is 12.9. The second-order valence-electron chi connectivity index (χ2n) is 5.54. The minimum atomic E-state index is -0.700. The standard InChI is InChI=1S/C17H11Cl2FN2O3/c1-8-2-3-14(13(20)4-8)21-15(23)7-22-16(24)9-5-11(18)12(19)6-10(9)17(22)25/h2-6H,7H2,1H3,(H,21,23). The number of hydrogen-bond donors (Lipinski definition) is 1. The summed E-state index contributed by atoms with van der Waals surface area (Å²) in [5, 5.41) is 2.61. The van der Waals surface area contributed by atoms with Crippen molar-refractivity contribution < 1.29 is 18.8 Å². The number of imide groups is 1. The molecule has 0 aromatic heterocycles. The first-order valence-electron chi connectivity index (χ1n) is 7.19. The maximum Gasteiger partial charge on any atom is 0.262 e. The number of rotatable bonds is 3. The van der Waals surface area contributed by atoms with Gasteiger partial charge in [-0.3, -0.25) is 19.3 Å². The number of aryl methyl sites for hydroxylation is 1. The van der Waals surface area contributed by atoms with E-state index in [1.54, 1.807) is 13.0 Å². The Bertz CT molecular complexity index is 889. The third kappa shape index (κ3) is 3.23. The van der Waals surface area contributed by atoms with Crippen molar-refractivity contribution in [1.82, 2.24) is 4.90 Å². The van der Waals surface area contributed by atoms with E-state index in [9.17, 15) is 18.8 Å². The molecular formula is C17H11Cl2FN2O3. The molecule has 2 aromatic rings. The first-order chi connectivity index (χ1) is 11.8. The molecule has 0 radical (unpaired) electrons. The molecule has 3 rings (SSSR count). The quantitative estimate of drug-likeness (QED) is 0.825. The topological polar surface area (TPSA) is 66.5 Å². The average Bonchev–Trinajstić information content (AvgIpc) is 2.76. The molecule has 0 unspecified atom stereocenters. The predicted octanol–water partition coefficient (Wildman–Crippen LogP) is 3.68. The Morgan fingerprint density at radius 2 is 1.64 bits per heavy atom. The lowest BCUT2D eigenvalue weighted by Crippen LogP contribution is -2.37. The van der Waals surface area contributed by atoms with Gasteiger partial charge in [0.2, 0.25) is 5.91 Å². The summed E-state index contributed by atoms with van der Waals surface area (Å²) in [6.45, 7) is 1.17. The van der Waals surface area contributed by atoms with Gasteiger partial charge < -0.3 is 5.32 Å². The van der Waals surface area contributed by atoms with Crippen LogP contribution in [0.25, 0.3) is 0 Å². The van der Waals surface area contributed by atoms with Gasteiger partial charge in [-0.1, -0.05) is 29.3 Å². The van der Waals surface area contributed by atoms with Gasteiger partial charge in [0.05, 0.1) is 26.9 Å². The lowest BCUT2D eigenvalue weighted by Gasteiger charge is -2.14. The zero-order chi connectivity index (χ0) is 18.3. The lowest BCUT2D eigenvalue weighted by molar-refractivity contribution is -0.116. The molecular weight excluding hydrogens is 370 g/mol. The Balaban J connectivity index is 1.78. The molecule has 0 aliphatic carbocycles. The van der Waals surface area contributed by atoms with Crippen molar-refractivity contribution in [2.75, 3.05) is 11.9 Å². The first kappa shape index (κ1) is 17.4. The Morgan fingerprint density at radius 3 is 2.16 bits per heavy atom. The molecule has 3 amide bonds. The maximum absolute atomic E-state index is 13.8. The molecule has 128 valence electrons. The summed E-state index contributed by atoms with van der Waals surface area (Å²) in [5.41, 5.74) is 0.824. The first-order valence-corrected chi connectivity index (χ1v) is 7.94. The van der Waals surface area contributed by atoms with Crippen LogP contribution < -0.4 is 5.32 Å². The Labute approximate surface area is 152 Å². The molecule has 0 bridgehead atoms. The normalized spacial score (nSPS) is 13.2. The number of hydrogen-bond acceptors (Lipinski definition) is 3. The number of halogens is 3. The summed E-state index contributed by atoms with van der Waals surface area (Å²) in [7, 11) is 0. The van der Waals surface area contributed by atoms with Crippen LogP contribution in [0.3, 0.4) is 0 Å². The summed E-state index contributed by atoms with van der Waals surface area (Å²) >= 11 is 11.7.